The van der Waals surface area contributed by atoms with Gasteiger partial charge in [0, 0.05) is 12.1 Å². The Labute approximate surface area is 106 Å². The number of ether oxygens (including phenoxy) is 1. The Morgan fingerprint density at radius 3 is 2.84 bits per heavy atom. The third kappa shape index (κ3) is 2.79. The van der Waals surface area contributed by atoms with Gasteiger partial charge in [0.1, 0.15) is 5.75 Å². The molecule has 2 amide bonds. The molecular formula is C11H11F2N3O3. The normalized spacial score (nSPS) is 14.4. The number of nitrogens with one attached hydrogen (secondary N) is 2. The molecule has 0 saturated carbocycles. The maximum Gasteiger partial charge on any atom is 0.483 e. The molecule has 1 aliphatic rings. The van der Waals surface area contributed by atoms with Gasteiger partial charge in [0.2, 0.25) is 5.91 Å². The standard InChI is InChI=1S/C11H11F2N3O3/c12-11(13,10(18)16-14)19-7-2-3-8-6(5-7)1-4-9(17)15-8/h2-3,5H,1,4,14H2,(H,15,17)(H,16,18). The van der Waals surface area contributed by atoms with Gasteiger partial charge in [0.15, 0.2) is 0 Å². The third-order valence-corrected chi connectivity index (χ3v) is 2.61. The summed E-state index contributed by atoms with van der Waals surface area (Å²) in [6.07, 6.45) is -3.36. The van der Waals surface area contributed by atoms with Crippen molar-refractivity contribution < 1.29 is 23.1 Å². The van der Waals surface area contributed by atoms with Gasteiger partial charge >= 0.3 is 12.0 Å². The SMILES string of the molecule is NNC(=O)C(F)(F)Oc1ccc2c(c1)CCC(=O)N2. The first-order chi connectivity index (χ1) is 8.92. The van der Waals surface area contributed by atoms with Gasteiger partial charge in [0.05, 0.1) is 0 Å². The zero-order chi connectivity index (χ0) is 14.0. The number of hydrogen-bond donors (Lipinski definition) is 3. The van der Waals surface area contributed by atoms with Crippen LogP contribution in [0.5, 0.6) is 5.75 Å². The second-order valence-electron chi connectivity index (χ2n) is 3.96. The molecule has 19 heavy (non-hydrogen) atoms. The number of hydrogen-bond acceptors (Lipinski definition) is 4. The van der Waals surface area contributed by atoms with E-state index in [0.29, 0.717) is 17.7 Å². The van der Waals surface area contributed by atoms with E-state index in [9.17, 15) is 18.4 Å². The molecule has 0 aromatic heterocycles. The number of fused-ring (bicyclic) bond motifs is 1. The van der Waals surface area contributed by atoms with E-state index in [0.717, 1.165) is 0 Å². The van der Waals surface area contributed by atoms with Crippen LogP contribution in [0, 0.1) is 0 Å². The summed E-state index contributed by atoms with van der Waals surface area (Å²) in [6.45, 7) is 0. The van der Waals surface area contributed by atoms with E-state index in [1.165, 1.54) is 23.6 Å². The highest BCUT2D eigenvalue weighted by molar-refractivity contribution is 5.94. The van der Waals surface area contributed by atoms with Crippen LogP contribution in [0.4, 0.5) is 14.5 Å². The minimum atomic E-state index is -4.05. The summed E-state index contributed by atoms with van der Waals surface area (Å²) in [5.41, 5.74) is 2.54. The van der Waals surface area contributed by atoms with Crippen molar-refractivity contribution in [1.82, 2.24) is 5.43 Å². The largest absolute Gasteiger partial charge is 0.483 e. The van der Waals surface area contributed by atoms with Crippen molar-refractivity contribution in [3.05, 3.63) is 23.8 Å². The second-order valence-corrected chi connectivity index (χ2v) is 3.96. The number of nitrogens with two attached hydrogens (primary N) is 1. The minimum absolute atomic E-state index is 0.131. The maximum absolute atomic E-state index is 13.2. The Morgan fingerprint density at radius 2 is 2.16 bits per heavy atom. The number of anilines is 1. The molecule has 0 fully saturated rings. The van der Waals surface area contributed by atoms with Crippen molar-refractivity contribution in [3.63, 3.8) is 0 Å². The number of aryl methyl sites for hydroxylation is 1. The molecule has 0 bridgehead atoms. The molecule has 4 N–H and O–H groups in total. The predicted molar refractivity (Wildman–Crippen MR) is 61.3 cm³/mol. The van der Waals surface area contributed by atoms with Crippen molar-refractivity contribution >= 4 is 17.5 Å². The first-order valence-corrected chi connectivity index (χ1v) is 5.43. The van der Waals surface area contributed by atoms with E-state index >= 15 is 0 Å². The van der Waals surface area contributed by atoms with Crippen LogP contribution >= 0.6 is 0 Å². The van der Waals surface area contributed by atoms with Crippen molar-refractivity contribution in [1.29, 1.82) is 0 Å². The number of rotatable bonds is 3. The quantitative estimate of drug-likeness (QED) is 0.425. The van der Waals surface area contributed by atoms with Crippen molar-refractivity contribution in [2.24, 2.45) is 5.84 Å². The molecule has 1 aromatic carbocycles. The van der Waals surface area contributed by atoms with Gasteiger partial charge < -0.3 is 10.1 Å². The van der Waals surface area contributed by atoms with Gasteiger partial charge in [-0.2, -0.15) is 8.78 Å². The summed E-state index contributed by atoms with van der Waals surface area (Å²) in [6, 6.07) is 4.03. The zero-order valence-electron chi connectivity index (χ0n) is 9.70. The van der Waals surface area contributed by atoms with Crippen LogP contribution in [0.3, 0.4) is 0 Å². The topological polar surface area (TPSA) is 93.4 Å². The monoisotopic (exact) mass is 271 g/mol. The fourth-order valence-electron chi connectivity index (χ4n) is 1.70. The molecule has 0 atom stereocenters. The maximum atomic E-state index is 13.2. The first-order valence-electron chi connectivity index (χ1n) is 5.43. The molecule has 0 radical (unpaired) electrons. The van der Waals surface area contributed by atoms with Crippen LogP contribution in [0.25, 0.3) is 0 Å². The van der Waals surface area contributed by atoms with Gasteiger partial charge in [-0.25, -0.2) is 5.84 Å². The van der Waals surface area contributed by atoms with Crippen LogP contribution in [-0.4, -0.2) is 17.9 Å². The molecule has 1 heterocycles. The van der Waals surface area contributed by atoms with Crippen LogP contribution < -0.4 is 21.3 Å². The van der Waals surface area contributed by atoms with Gasteiger partial charge in [0.25, 0.3) is 0 Å². The van der Waals surface area contributed by atoms with Gasteiger partial charge in [-0.1, -0.05) is 0 Å². The molecule has 8 heteroatoms. The van der Waals surface area contributed by atoms with Crippen LogP contribution in [0.1, 0.15) is 12.0 Å². The average molecular weight is 271 g/mol. The average Bonchev–Trinajstić information content (AvgIpc) is 2.37. The number of carbonyl (C=O) groups is 2. The Morgan fingerprint density at radius 1 is 1.42 bits per heavy atom. The molecule has 0 saturated heterocycles. The van der Waals surface area contributed by atoms with Gasteiger partial charge in [-0.05, 0) is 30.2 Å². The van der Waals surface area contributed by atoms with Crippen LogP contribution in [0.2, 0.25) is 0 Å². The second kappa shape index (κ2) is 4.81. The molecule has 1 aliphatic heterocycles. The fraction of sp³-hybridized carbons (Fsp3) is 0.273. The van der Waals surface area contributed by atoms with Crippen molar-refractivity contribution in [2.75, 3.05) is 5.32 Å². The number of halogens is 2. The molecule has 102 valence electrons. The number of carbonyl (C=O) groups excluding carboxylic acids is 2. The van der Waals surface area contributed by atoms with Crippen molar-refractivity contribution in [3.8, 4) is 5.75 Å². The Balaban J connectivity index is 2.19. The molecule has 0 aliphatic carbocycles. The predicted octanol–water partition coefficient (Wildman–Crippen LogP) is 0.533. The Kier molecular flexibility index (Phi) is 3.34. The van der Waals surface area contributed by atoms with E-state index in [1.807, 2.05) is 0 Å². The van der Waals surface area contributed by atoms with Crippen LogP contribution in [0.15, 0.2) is 18.2 Å². The fourth-order valence-corrected chi connectivity index (χ4v) is 1.70. The summed E-state index contributed by atoms with van der Waals surface area (Å²) in [5.74, 6) is 2.59. The number of amides is 2. The summed E-state index contributed by atoms with van der Waals surface area (Å²) < 4.78 is 30.7. The molecule has 2 rings (SSSR count). The van der Waals surface area contributed by atoms with E-state index in [1.54, 1.807) is 0 Å². The molecule has 1 aromatic rings. The number of hydrazine groups is 1. The summed E-state index contributed by atoms with van der Waals surface area (Å²) in [4.78, 5) is 21.9. The van der Waals surface area contributed by atoms with Gasteiger partial charge in [-0.3, -0.25) is 15.0 Å². The lowest BCUT2D eigenvalue weighted by molar-refractivity contribution is -0.192. The number of alkyl halides is 2. The molecule has 6 nitrogen and oxygen atoms in total. The molecule has 0 unspecified atom stereocenters. The Hall–Kier alpha value is -2.22. The van der Waals surface area contributed by atoms with E-state index < -0.39 is 12.0 Å². The van der Waals surface area contributed by atoms with Crippen LogP contribution in [-0.2, 0) is 16.0 Å². The molecular weight excluding hydrogens is 260 g/mol. The number of benzene rings is 1. The highest BCUT2D eigenvalue weighted by atomic mass is 19.3. The molecule has 0 spiro atoms. The first kappa shape index (κ1) is 13.2. The lowest BCUT2D eigenvalue weighted by atomic mass is 10.0. The van der Waals surface area contributed by atoms with E-state index in [2.05, 4.69) is 15.9 Å². The highest BCUT2D eigenvalue weighted by Crippen LogP contribution is 2.29. The summed E-state index contributed by atoms with van der Waals surface area (Å²) in [7, 11) is 0. The zero-order valence-corrected chi connectivity index (χ0v) is 9.70. The summed E-state index contributed by atoms with van der Waals surface area (Å²) in [5, 5.41) is 2.60. The minimum Gasteiger partial charge on any atom is -0.425 e. The smallest absolute Gasteiger partial charge is 0.425 e. The third-order valence-electron chi connectivity index (χ3n) is 2.61. The summed E-state index contributed by atoms with van der Waals surface area (Å²) >= 11 is 0. The van der Waals surface area contributed by atoms with E-state index in [-0.39, 0.29) is 18.1 Å². The lowest BCUT2D eigenvalue weighted by Crippen LogP contribution is -2.47. The van der Waals surface area contributed by atoms with E-state index in [4.69, 9.17) is 0 Å². The van der Waals surface area contributed by atoms with Crippen molar-refractivity contribution in [2.45, 2.75) is 19.0 Å². The highest BCUT2D eigenvalue weighted by Gasteiger charge is 2.42. The lowest BCUT2D eigenvalue weighted by Gasteiger charge is -2.20. The van der Waals surface area contributed by atoms with Gasteiger partial charge in [-0.15, -0.1) is 0 Å². The Bertz CT molecular complexity index is 534.